The van der Waals surface area contributed by atoms with E-state index in [9.17, 15) is 0 Å². The van der Waals surface area contributed by atoms with E-state index < -0.39 is 0 Å². The van der Waals surface area contributed by atoms with Crippen molar-refractivity contribution in [2.75, 3.05) is 14.1 Å². The summed E-state index contributed by atoms with van der Waals surface area (Å²) in [5, 5.41) is 0. The molecule has 1 aliphatic carbocycles. The van der Waals surface area contributed by atoms with Gasteiger partial charge in [-0.15, -0.1) is 0 Å². The van der Waals surface area contributed by atoms with E-state index in [1.54, 1.807) is 0 Å². The van der Waals surface area contributed by atoms with Gasteiger partial charge in [-0.05, 0) is 57.8 Å². The third-order valence-electron chi connectivity index (χ3n) is 4.69. The number of nitrogens with one attached hydrogen (secondary N) is 1. The summed E-state index contributed by atoms with van der Waals surface area (Å²) >= 11 is 0. The first-order chi connectivity index (χ1) is 8.46. The van der Waals surface area contributed by atoms with Gasteiger partial charge in [0, 0.05) is 11.6 Å². The van der Waals surface area contributed by atoms with Crippen LogP contribution in [0.1, 0.15) is 37.3 Å². The van der Waals surface area contributed by atoms with Gasteiger partial charge in [-0.1, -0.05) is 24.3 Å². The summed E-state index contributed by atoms with van der Waals surface area (Å²) < 4.78 is 0. The van der Waals surface area contributed by atoms with Crippen molar-refractivity contribution in [2.45, 2.75) is 44.2 Å². The van der Waals surface area contributed by atoms with Gasteiger partial charge in [0.2, 0.25) is 0 Å². The molecule has 0 bridgehead atoms. The Balaban J connectivity index is 2.06. The van der Waals surface area contributed by atoms with Gasteiger partial charge >= 0.3 is 0 Å². The van der Waals surface area contributed by atoms with Crippen molar-refractivity contribution < 1.29 is 0 Å². The monoisotopic (exact) mass is 247 g/mol. The average Bonchev–Trinajstić information content (AvgIpc) is 2.30. The van der Waals surface area contributed by atoms with Gasteiger partial charge in [0.05, 0.1) is 0 Å². The molecule has 0 aliphatic heterocycles. The van der Waals surface area contributed by atoms with Crippen molar-refractivity contribution in [3.63, 3.8) is 0 Å². The first-order valence-electron chi connectivity index (χ1n) is 6.68. The van der Waals surface area contributed by atoms with Crippen molar-refractivity contribution in [1.82, 2.24) is 10.3 Å². The van der Waals surface area contributed by atoms with Crippen LogP contribution in [0.5, 0.6) is 0 Å². The fraction of sp³-hybridized carbons (Fsp3) is 0.600. The van der Waals surface area contributed by atoms with E-state index in [0.717, 1.165) is 6.42 Å². The van der Waals surface area contributed by atoms with E-state index >= 15 is 0 Å². The summed E-state index contributed by atoms with van der Waals surface area (Å²) in [4.78, 5) is 2.24. The van der Waals surface area contributed by atoms with Gasteiger partial charge in [0.15, 0.2) is 0 Å². The van der Waals surface area contributed by atoms with Crippen molar-refractivity contribution in [2.24, 2.45) is 5.84 Å². The van der Waals surface area contributed by atoms with Gasteiger partial charge in [0.1, 0.15) is 0 Å². The van der Waals surface area contributed by atoms with Gasteiger partial charge in [-0.3, -0.25) is 11.3 Å². The lowest BCUT2D eigenvalue weighted by Crippen LogP contribution is -2.58. The highest BCUT2D eigenvalue weighted by atomic mass is 15.3. The van der Waals surface area contributed by atoms with Crippen LogP contribution < -0.4 is 11.3 Å². The molecule has 0 saturated carbocycles. The first-order valence-corrected chi connectivity index (χ1v) is 6.68. The predicted octanol–water partition coefficient (Wildman–Crippen LogP) is 1.89. The van der Waals surface area contributed by atoms with Crippen LogP contribution >= 0.6 is 0 Å². The summed E-state index contributed by atoms with van der Waals surface area (Å²) in [6.45, 7) is 4.48. The second-order valence-electron chi connectivity index (χ2n) is 6.10. The molecule has 2 rings (SSSR count). The zero-order valence-electron chi connectivity index (χ0n) is 11.9. The predicted molar refractivity (Wildman–Crippen MR) is 76.4 cm³/mol. The first kappa shape index (κ1) is 13.5. The highest BCUT2D eigenvalue weighted by Crippen LogP contribution is 2.39. The molecule has 18 heavy (non-hydrogen) atoms. The van der Waals surface area contributed by atoms with Gasteiger partial charge in [-0.25, -0.2) is 0 Å². The zero-order chi connectivity index (χ0) is 13.3. The minimum absolute atomic E-state index is 0.0548. The van der Waals surface area contributed by atoms with Crippen molar-refractivity contribution in [1.29, 1.82) is 0 Å². The number of rotatable bonds is 5. The number of benzene rings is 1. The number of hydrogen-bond acceptors (Lipinski definition) is 3. The van der Waals surface area contributed by atoms with Crippen LogP contribution in [0.15, 0.2) is 24.3 Å². The van der Waals surface area contributed by atoms with Gasteiger partial charge in [-0.2, -0.15) is 0 Å². The van der Waals surface area contributed by atoms with Crippen LogP contribution in [0.3, 0.4) is 0 Å². The Hall–Kier alpha value is -0.900. The third-order valence-corrected chi connectivity index (χ3v) is 4.69. The largest absolute Gasteiger partial charge is 0.303 e. The molecule has 0 saturated heterocycles. The topological polar surface area (TPSA) is 41.3 Å². The van der Waals surface area contributed by atoms with Crippen LogP contribution in [0.25, 0.3) is 0 Å². The smallest absolute Gasteiger partial charge is 0.0395 e. The fourth-order valence-electron chi connectivity index (χ4n) is 2.73. The maximum Gasteiger partial charge on any atom is 0.0395 e. The van der Waals surface area contributed by atoms with Crippen LogP contribution in [-0.2, 0) is 6.42 Å². The number of hydrogen-bond donors (Lipinski definition) is 2. The highest BCUT2D eigenvalue weighted by molar-refractivity contribution is 5.40. The molecule has 3 nitrogen and oxygen atoms in total. The summed E-state index contributed by atoms with van der Waals surface area (Å²) in [6.07, 6.45) is 2.29. The molecule has 0 aromatic heterocycles. The minimum Gasteiger partial charge on any atom is -0.303 e. The number of likely N-dealkylation sites (N-methyl/N-ethyl adjacent to an activating group) is 1. The van der Waals surface area contributed by atoms with E-state index in [4.69, 9.17) is 5.84 Å². The molecule has 1 aliphatic rings. The molecule has 100 valence electrons. The molecule has 0 spiro atoms. The van der Waals surface area contributed by atoms with Crippen molar-refractivity contribution >= 4 is 0 Å². The number of hydrazine groups is 1. The Kier molecular flexibility index (Phi) is 3.76. The quantitative estimate of drug-likeness (QED) is 0.617. The maximum absolute atomic E-state index is 5.77. The lowest BCUT2D eigenvalue weighted by Gasteiger charge is -2.43. The summed E-state index contributed by atoms with van der Waals surface area (Å²) in [7, 11) is 4.22. The molecular formula is C15H25N3. The fourth-order valence-corrected chi connectivity index (χ4v) is 2.73. The lowest BCUT2D eigenvalue weighted by atomic mass is 9.72. The molecule has 0 fully saturated rings. The van der Waals surface area contributed by atoms with Crippen molar-refractivity contribution in [3.8, 4) is 0 Å². The Morgan fingerprint density at radius 1 is 1.39 bits per heavy atom. The van der Waals surface area contributed by atoms with Crippen molar-refractivity contribution in [3.05, 3.63) is 35.4 Å². The molecule has 1 aromatic carbocycles. The van der Waals surface area contributed by atoms with E-state index in [-0.39, 0.29) is 5.54 Å². The van der Waals surface area contributed by atoms with Crippen LogP contribution in [0.2, 0.25) is 0 Å². The maximum atomic E-state index is 5.77. The minimum atomic E-state index is 0.0548. The Morgan fingerprint density at radius 3 is 2.61 bits per heavy atom. The lowest BCUT2D eigenvalue weighted by molar-refractivity contribution is 0.126. The Morgan fingerprint density at radius 2 is 2.06 bits per heavy atom. The van der Waals surface area contributed by atoms with Gasteiger partial charge in [0.25, 0.3) is 0 Å². The summed E-state index contributed by atoms with van der Waals surface area (Å²) in [6, 6.07) is 9.03. The SMILES string of the molecule is CN(C)C(C)(C)C(CC1Cc2ccccc21)NN. The van der Waals surface area contributed by atoms with Crippen LogP contribution in [-0.4, -0.2) is 30.6 Å². The highest BCUT2D eigenvalue weighted by Gasteiger charge is 2.36. The summed E-state index contributed by atoms with van der Waals surface area (Å²) in [5.41, 5.74) is 6.07. The zero-order valence-corrected chi connectivity index (χ0v) is 11.9. The average molecular weight is 247 g/mol. The molecule has 1 aromatic rings. The van der Waals surface area contributed by atoms with E-state index in [1.807, 2.05) is 0 Å². The van der Waals surface area contributed by atoms with E-state index in [0.29, 0.717) is 12.0 Å². The van der Waals surface area contributed by atoms with E-state index in [2.05, 4.69) is 62.5 Å². The normalized spacial score (nSPS) is 20.4. The number of fused-ring (bicyclic) bond motifs is 1. The van der Waals surface area contributed by atoms with Crippen LogP contribution in [0.4, 0.5) is 0 Å². The number of nitrogens with zero attached hydrogens (tertiary/aromatic N) is 1. The molecule has 0 amide bonds. The number of nitrogens with two attached hydrogens (primary N) is 1. The summed E-state index contributed by atoms with van der Waals surface area (Å²) in [5.74, 6) is 6.42. The second kappa shape index (κ2) is 5.00. The second-order valence-corrected chi connectivity index (χ2v) is 6.10. The molecule has 2 unspecified atom stereocenters. The standard InChI is InChI=1S/C15H25N3/c1-15(2,18(3)4)14(17-16)10-12-9-11-7-5-6-8-13(11)12/h5-8,12,14,17H,9-10,16H2,1-4H3. The molecule has 0 radical (unpaired) electrons. The van der Waals surface area contributed by atoms with Crippen LogP contribution in [0, 0.1) is 0 Å². The Labute approximate surface area is 110 Å². The molecule has 2 atom stereocenters. The molecule has 3 N–H and O–H groups in total. The van der Waals surface area contributed by atoms with Gasteiger partial charge < -0.3 is 4.90 Å². The molecule has 3 heteroatoms. The van der Waals surface area contributed by atoms with E-state index in [1.165, 1.54) is 17.5 Å². The third kappa shape index (κ3) is 2.30. The molecule has 0 heterocycles. The molecular weight excluding hydrogens is 222 g/mol. The Bertz CT molecular complexity index is 412.